The Hall–Kier alpha value is -4.36. The van der Waals surface area contributed by atoms with E-state index >= 15 is 17.6 Å². The van der Waals surface area contributed by atoms with E-state index in [1.807, 2.05) is 11.0 Å². The van der Waals surface area contributed by atoms with Crippen molar-refractivity contribution in [1.82, 2.24) is 19.8 Å². The molecule has 4 aliphatic heterocycles. The number of carbonyl (C=O) groups excluding carboxylic acids is 1. The standard InChI is InChI=1S/C35H33F6N7O2S/c1-16(2)32(49)47-9-6-23-24(47)14-48(23)31-19-10-21(35(39,40)41)26(18-4-5-22(37)29-25(18)20(12-42)30(43)51-29)27(38)28(19)44-33(45-31)50-15-34-7-3-8-46(34)13-17(36)11-34/h4-5,10,16-17,23-24H,3,6-9,11,13-15,43H2,1-2H3/t17-,23?,24-,34+/m1/s1. The minimum Gasteiger partial charge on any atom is -0.461 e. The molecule has 1 amide bonds. The summed E-state index contributed by atoms with van der Waals surface area (Å²) in [5.74, 6) is -2.44. The fourth-order valence-electron chi connectivity index (χ4n) is 8.59. The lowest BCUT2D eigenvalue weighted by Crippen LogP contribution is -2.63. The molecule has 2 aromatic heterocycles. The summed E-state index contributed by atoms with van der Waals surface area (Å²) in [6, 6.07) is 3.75. The molecule has 0 spiro atoms. The van der Waals surface area contributed by atoms with E-state index in [1.165, 1.54) is 0 Å². The summed E-state index contributed by atoms with van der Waals surface area (Å²) in [5.41, 5.74) is 1.97. The normalized spacial score (nSPS) is 24.7. The van der Waals surface area contributed by atoms with Gasteiger partial charge in [-0.15, -0.1) is 11.3 Å². The van der Waals surface area contributed by atoms with Crippen molar-refractivity contribution in [2.45, 2.75) is 69.5 Å². The number of halogens is 6. The molecule has 4 atom stereocenters. The molecule has 0 saturated carbocycles. The number of ether oxygens (including phenoxy) is 1. The highest BCUT2D eigenvalue weighted by molar-refractivity contribution is 7.23. The van der Waals surface area contributed by atoms with E-state index in [1.54, 1.807) is 23.6 Å². The van der Waals surface area contributed by atoms with Crippen molar-refractivity contribution >= 4 is 49.1 Å². The van der Waals surface area contributed by atoms with Gasteiger partial charge in [-0.1, -0.05) is 19.9 Å². The van der Waals surface area contributed by atoms with E-state index in [9.17, 15) is 18.8 Å². The van der Waals surface area contributed by atoms with E-state index in [0.29, 0.717) is 37.3 Å². The number of benzene rings is 2. The van der Waals surface area contributed by atoms with Crippen LogP contribution in [-0.2, 0) is 11.0 Å². The monoisotopic (exact) mass is 729 g/mol. The van der Waals surface area contributed by atoms with Crippen molar-refractivity contribution in [2.75, 3.05) is 43.4 Å². The van der Waals surface area contributed by atoms with Crippen LogP contribution >= 0.6 is 11.3 Å². The minimum atomic E-state index is -5.10. The zero-order valence-corrected chi connectivity index (χ0v) is 28.5. The fourth-order valence-corrected chi connectivity index (χ4v) is 9.54. The molecular weight excluding hydrogens is 696 g/mol. The summed E-state index contributed by atoms with van der Waals surface area (Å²) < 4.78 is 97.6. The van der Waals surface area contributed by atoms with Gasteiger partial charge in [0.2, 0.25) is 5.91 Å². The van der Waals surface area contributed by atoms with Crippen LogP contribution in [0.4, 0.5) is 37.2 Å². The fraction of sp³-hybridized carbons (Fsp3) is 0.486. The molecule has 2 aromatic carbocycles. The summed E-state index contributed by atoms with van der Waals surface area (Å²) >= 11 is 0.685. The first-order chi connectivity index (χ1) is 24.2. The zero-order chi connectivity index (χ0) is 36.1. The number of likely N-dealkylation sites (tertiary alicyclic amines) is 1. The van der Waals surface area contributed by atoms with Crippen molar-refractivity contribution in [2.24, 2.45) is 5.92 Å². The first-order valence-electron chi connectivity index (χ1n) is 16.8. The van der Waals surface area contributed by atoms with Crippen molar-refractivity contribution in [1.29, 1.82) is 5.26 Å². The Morgan fingerprint density at radius 1 is 1.20 bits per heavy atom. The van der Waals surface area contributed by atoms with Crippen LogP contribution in [0.3, 0.4) is 0 Å². The molecule has 9 nitrogen and oxygen atoms in total. The largest absolute Gasteiger partial charge is 0.461 e. The van der Waals surface area contributed by atoms with Crippen LogP contribution in [0.5, 0.6) is 6.01 Å². The van der Waals surface area contributed by atoms with Crippen LogP contribution in [-0.4, -0.2) is 82.3 Å². The van der Waals surface area contributed by atoms with E-state index in [4.69, 9.17) is 10.5 Å². The Kier molecular flexibility index (Phi) is 7.84. The van der Waals surface area contributed by atoms with Gasteiger partial charge in [-0.05, 0) is 43.5 Å². The molecule has 0 aliphatic carbocycles. The summed E-state index contributed by atoms with van der Waals surface area (Å²) in [6.07, 6.45) is -3.88. The number of anilines is 2. The van der Waals surface area contributed by atoms with E-state index in [0.717, 1.165) is 24.6 Å². The molecule has 0 bridgehead atoms. The number of fused-ring (bicyclic) bond motifs is 4. The highest BCUT2D eigenvalue weighted by Gasteiger charge is 2.51. The third-order valence-electron chi connectivity index (χ3n) is 11.0. The van der Waals surface area contributed by atoms with Crippen LogP contribution in [0, 0.1) is 28.9 Å². The van der Waals surface area contributed by atoms with Gasteiger partial charge in [-0.25, -0.2) is 13.2 Å². The molecule has 4 aromatic rings. The molecule has 2 N–H and O–H groups in total. The molecular formula is C35H33F6N7O2S. The average Bonchev–Trinajstić information content (AvgIpc) is 3.79. The Balaban J connectivity index is 1.31. The number of nitrogens with zero attached hydrogens (tertiary/aromatic N) is 6. The molecule has 0 radical (unpaired) electrons. The maximum absolute atomic E-state index is 17.1. The van der Waals surface area contributed by atoms with Crippen molar-refractivity contribution < 1.29 is 35.9 Å². The SMILES string of the molecule is CC(C)C(=O)N1CCC2[C@H]1CN2c1nc(OC[C@@]23CCCN2C[C@H](F)C3)nc2c(F)c(-c3ccc(F)c4sc(N)c(C#N)c34)c(C(F)(F)F)cc12. The maximum Gasteiger partial charge on any atom is 0.417 e. The highest BCUT2D eigenvalue weighted by Crippen LogP contribution is 2.49. The van der Waals surface area contributed by atoms with Crippen molar-refractivity contribution in [3.05, 3.63) is 41.0 Å². The molecule has 4 fully saturated rings. The molecule has 4 saturated heterocycles. The number of nitrogens with two attached hydrogens (primary N) is 1. The highest BCUT2D eigenvalue weighted by atomic mass is 32.1. The van der Waals surface area contributed by atoms with E-state index in [2.05, 4.69) is 9.97 Å². The van der Waals surface area contributed by atoms with Crippen LogP contribution in [0.25, 0.3) is 32.1 Å². The number of aromatic nitrogens is 2. The maximum atomic E-state index is 17.1. The van der Waals surface area contributed by atoms with Crippen LogP contribution in [0.2, 0.25) is 0 Å². The van der Waals surface area contributed by atoms with Gasteiger partial charge in [0.1, 0.15) is 41.0 Å². The number of thiophene rings is 1. The summed E-state index contributed by atoms with van der Waals surface area (Å²) in [7, 11) is 0. The number of nitrogen functional groups attached to an aromatic ring is 1. The predicted octanol–water partition coefficient (Wildman–Crippen LogP) is 6.66. The molecule has 268 valence electrons. The number of amides is 1. The third kappa shape index (κ3) is 5.17. The first kappa shape index (κ1) is 33.8. The number of carbonyl (C=O) groups is 1. The topological polar surface area (TPSA) is 112 Å². The molecule has 51 heavy (non-hydrogen) atoms. The second-order valence-corrected chi connectivity index (χ2v) is 15.3. The molecule has 16 heteroatoms. The lowest BCUT2D eigenvalue weighted by atomic mass is 9.91. The average molecular weight is 730 g/mol. The predicted molar refractivity (Wildman–Crippen MR) is 179 cm³/mol. The zero-order valence-electron chi connectivity index (χ0n) is 27.7. The van der Waals surface area contributed by atoms with Gasteiger partial charge in [0.25, 0.3) is 0 Å². The Morgan fingerprint density at radius 3 is 2.71 bits per heavy atom. The first-order valence-corrected chi connectivity index (χ1v) is 17.7. The van der Waals surface area contributed by atoms with Gasteiger partial charge in [0.15, 0.2) is 5.82 Å². The lowest BCUT2D eigenvalue weighted by Gasteiger charge is -2.48. The Labute approximate surface area is 292 Å². The minimum absolute atomic E-state index is 0.00546. The Bertz CT molecular complexity index is 2150. The number of nitriles is 1. The Morgan fingerprint density at radius 2 is 1.98 bits per heavy atom. The molecule has 8 rings (SSSR count). The number of hydrogen-bond donors (Lipinski definition) is 1. The van der Waals surface area contributed by atoms with E-state index in [-0.39, 0.29) is 93.5 Å². The van der Waals surface area contributed by atoms with Crippen LogP contribution in [0.15, 0.2) is 18.2 Å². The van der Waals surface area contributed by atoms with Gasteiger partial charge in [0, 0.05) is 48.3 Å². The molecule has 6 heterocycles. The smallest absolute Gasteiger partial charge is 0.417 e. The number of rotatable bonds is 6. The quantitative estimate of drug-likeness (QED) is 0.220. The number of hydrogen-bond acceptors (Lipinski definition) is 9. The molecule has 1 unspecified atom stereocenters. The van der Waals surface area contributed by atoms with Crippen molar-refractivity contribution in [3.8, 4) is 23.2 Å². The van der Waals surface area contributed by atoms with Gasteiger partial charge >= 0.3 is 12.2 Å². The van der Waals surface area contributed by atoms with Crippen LogP contribution in [0.1, 0.15) is 50.7 Å². The summed E-state index contributed by atoms with van der Waals surface area (Å²) in [4.78, 5) is 27.4. The van der Waals surface area contributed by atoms with Gasteiger partial charge < -0.3 is 20.3 Å². The summed E-state index contributed by atoms with van der Waals surface area (Å²) in [5, 5.41) is 9.26. The second kappa shape index (κ2) is 11.8. The lowest BCUT2D eigenvalue weighted by molar-refractivity contribution is -0.137. The van der Waals surface area contributed by atoms with Gasteiger partial charge in [-0.2, -0.15) is 28.4 Å². The molecule has 4 aliphatic rings. The summed E-state index contributed by atoms with van der Waals surface area (Å²) in [6.45, 7) is 5.25. The van der Waals surface area contributed by atoms with Gasteiger partial charge in [-0.3, -0.25) is 9.69 Å². The van der Waals surface area contributed by atoms with Crippen molar-refractivity contribution in [3.63, 3.8) is 0 Å². The number of alkyl halides is 4. The second-order valence-electron chi connectivity index (χ2n) is 14.2. The third-order valence-corrected chi connectivity index (χ3v) is 12.0. The van der Waals surface area contributed by atoms with Gasteiger partial charge in [0.05, 0.1) is 33.4 Å². The van der Waals surface area contributed by atoms with Crippen LogP contribution < -0.4 is 15.4 Å². The van der Waals surface area contributed by atoms with E-state index < -0.39 is 46.2 Å².